The van der Waals surface area contributed by atoms with Crippen molar-refractivity contribution in [2.24, 2.45) is 0 Å². The lowest BCUT2D eigenvalue weighted by Gasteiger charge is -2.26. The summed E-state index contributed by atoms with van der Waals surface area (Å²) in [6.07, 6.45) is 3.83. The minimum absolute atomic E-state index is 0.395. The standard InChI is InChI=1S/C15H18N2O2/c16-10-12-5-4-6-13(9-12)11-17-8-3-1-2-7-14(17)15(18)19/h4-6,9,14H,1-3,7-8,11H2,(H,18,19). The molecule has 4 nitrogen and oxygen atoms in total. The Morgan fingerprint density at radius 1 is 1.42 bits per heavy atom. The monoisotopic (exact) mass is 258 g/mol. The molecular weight excluding hydrogens is 240 g/mol. The third kappa shape index (κ3) is 3.55. The number of rotatable bonds is 3. The second-order valence-corrected chi connectivity index (χ2v) is 4.99. The van der Waals surface area contributed by atoms with Gasteiger partial charge in [0, 0.05) is 6.54 Å². The molecule has 0 spiro atoms. The van der Waals surface area contributed by atoms with Gasteiger partial charge in [0.05, 0.1) is 11.6 Å². The van der Waals surface area contributed by atoms with Crippen LogP contribution in [0, 0.1) is 11.3 Å². The van der Waals surface area contributed by atoms with Crippen LogP contribution >= 0.6 is 0 Å². The fourth-order valence-corrected chi connectivity index (χ4v) is 2.61. The fraction of sp³-hybridized carbons (Fsp3) is 0.467. The minimum Gasteiger partial charge on any atom is -0.480 e. The molecule has 1 unspecified atom stereocenters. The summed E-state index contributed by atoms with van der Waals surface area (Å²) in [5.41, 5.74) is 1.63. The Labute approximate surface area is 113 Å². The van der Waals surface area contributed by atoms with Crippen molar-refractivity contribution in [3.8, 4) is 6.07 Å². The molecule has 0 aromatic heterocycles. The maximum atomic E-state index is 11.3. The molecule has 1 aliphatic rings. The van der Waals surface area contributed by atoms with Crippen LogP contribution in [0.25, 0.3) is 0 Å². The maximum Gasteiger partial charge on any atom is 0.320 e. The van der Waals surface area contributed by atoms with Gasteiger partial charge in [0.1, 0.15) is 6.04 Å². The molecule has 0 bridgehead atoms. The zero-order valence-corrected chi connectivity index (χ0v) is 10.9. The van der Waals surface area contributed by atoms with Crippen molar-refractivity contribution in [1.82, 2.24) is 4.90 Å². The number of nitrogens with zero attached hydrogens (tertiary/aromatic N) is 2. The SMILES string of the molecule is N#Cc1cccc(CN2CCCCCC2C(=O)O)c1. The number of nitriles is 1. The predicted octanol–water partition coefficient (Wildman–Crippen LogP) is 2.39. The first kappa shape index (κ1) is 13.6. The van der Waals surface area contributed by atoms with Gasteiger partial charge in [-0.2, -0.15) is 5.26 Å². The van der Waals surface area contributed by atoms with E-state index in [1.54, 1.807) is 6.07 Å². The number of likely N-dealkylation sites (tertiary alicyclic amines) is 1. The summed E-state index contributed by atoms with van der Waals surface area (Å²) < 4.78 is 0. The van der Waals surface area contributed by atoms with E-state index < -0.39 is 12.0 Å². The molecule has 1 saturated heterocycles. The highest BCUT2D eigenvalue weighted by Gasteiger charge is 2.26. The Morgan fingerprint density at radius 2 is 2.26 bits per heavy atom. The van der Waals surface area contributed by atoms with E-state index in [9.17, 15) is 9.90 Å². The highest BCUT2D eigenvalue weighted by atomic mass is 16.4. The van der Waals surface area contributed by atoms with E-state index >= 15 is 0 Å². The molecule has 0 saturated carbocycles. The summed E-state index contributed by atoms with van der Waals surface area (Å²) in [4.78, 5) is 13.4. The molecule has 1 aromatic rings. The molecule has 1 aliphatic heterocycles. The first-order chi connectivity index (χ1) is 9.20. The number of carboxylic acids is 1. The van der Waals surface area contributed by atoms with Gasteiger partial charge in [0.25, 0.3) is 0 Å². The first-order valence-electron chi connectivity index (χ1n) is 6.66. The van der Waals surface area contributed by atoms with Gasteiger partial charge in [0.15, 0.2) is 0 Å². The van der Waals surface area contributed by atoms with E-state index in [0.29, 0.717) is 18.5 Å². The van der Waals surface area contributed by atoms with E-state index in [0.717, 1.165) is 31.4 Å². The number of carboxylic acid groups (broad SMARTS) is 1. The van der Waals surface area contributed by atoms with Crippen LogP contribution in [0.1, 0.15) is 36.8 Å². The summed E-state index contributed by atoms with van der Waals surface area (Å²) in [7, 11) is 0. The summed E-state index contributed by atoms with van der Waals surface area (Å²) in [6, 6.07) is 9.12. The Bertz CT molecular complexity index is 493. The molecule has 0 radical (unpaired) electrons. The second-order valence-electron chi connectivity index (χ2n) is 4.99. The lowest BCUT2D eigenvalue weighted by atomic mass is 10.1. The Kier molecular flexibility index (Phi) is 4.53. The van der Waals surface area contributed by atoms with E-state index in [2.05, 4.69) is 6.07 Å². The molecule has 1 fully saturated rings. The van der Waals surface area contributed by atoms with Crippen LogP contribution in [0.2, 0.25) is 0 Å². The van der Waals surface area contributed by atoms with Gasteiger partial charge in [-0.1, -0.05) is 25.0 Å². The molecule has 0 aliphatic carbocycles. The van der Waals surface area contributed by atoms with Crippen molar-refractivity contribution in [1.29, 1.82) is 5.26 Å². The van der Waals surface area contributed by atoms with Crippen molar-refractivity contribution >= 4 is 5.97 Å². The van der Waals surface area contributed by atoms with Crippen LogP contribution in [-0.4, -0.2) is 28.6 Å². The number of carbonyl (C=O) groups is 1. The largest absolute Gasteiger partial charge is 0.480 e. The normalized spacial score (nSPS) is 20.5. The van der Waals surface area contributed by atoms with Crippen molar-refractivity contribution in [3.63, 3.8) is 0 Å². The van der Waals surface area contributed by atoms with Gasteiger partial charge < -0.3 is 5.11 Å². The van der Waals surface area contributed by atoms with Crippen LogP contribution < -0.4 is 0 Å². The van der Waals surface area contributed by atoms with Crippen LogP contribution in [0.3, 0.4) is 0 Å². The van der Waals surface area contributed by atoms with Crippen LogP contribution in [0.5, 0.6) is 0 Å². The highest BCUT2D eigenvalue weighted by Crippen LogP contribution is 2.20. The van der Waals surface area contributed by atoms with Crippen molar-refractivity contribution in [3.05, 3.63) is 35.4 Å². The topological polar surface area (TPSA) is 64.3 Å². The van der Waals surface area contributed by atoms with Gasteiger partial charge in [-0.15, -0.1) is 0 Å². The molecule has 1 aromatic carbocycles. The van der Waals surface area contributed by atoms with Gasteiger partial charge in [0.2, 0.25) is 0 Å². The predicted molar refractivity (Wildman–Crippen MR) is 71.5 cm³/mol. The lowest BCUT2D eigenvalue weighted by molar-refractivity contribution is -0.143. The zero-order valence-electron chi connectivity index (χ0n) is 10.9. The number of hydrogen-bond acceptors (Lipinski definition) is 3. The van der Waals surface area contributed by atoms with Crippen molar-refractivity contribution < 1.29 is 9.90 Å². The van der Waals surface area contributed by atoms with Crippen LogP contribution in [-0.2, 0) is 11.3 Å². The summed E-state index contributed by atoms with van der Waals surface area (Å²) >= 11 is 0. The molecule has 100 valence electrons. The molecule has 0 amide bonds. The molecule has 4 heteroatoms. The van der Waals surface area contributed by atoms with Crippen LogP contribution in [0.4, 0.5) is 0 Å². The molecule has 1 atom stereocenters. The summed E-state index contributed by atoms with van der Waals surface area (Å²) in [5, 5.41) is 18.2. The third-order valence-corrected chi connectivity index (χ3v) is 3.59. The van der Waals surface area contributed by atoms with Crippen LogP contribution in [0.15, 0.2) is 24.3 Å². The Hall–Kier alpha value is -1.86. The van der Waals surface area contributed by atoms with Crippen molar-refractivity contribution in [2.75, 3.05) is 6.54 Å². The van der Waals surface area contributed by atoms with E-state index in [1.165, 1.54) is 0 Å². The maximum absolute atomic E-state index is 11.3. The Morgan fingerprint density at radius 3 is 3.00 bits per heavy atom. The summed E-state index contributed by atoms with van der Waals surface area (Å²) in [5.74, 6) is -0.738. The number of benzene rings is 1. The first-order valence-corrected chi connectivity index (χ1v) is 6.66. The smallest absolute Gasteiger partial charge is 0.320 e. The van der Waals surface area contributed by atoms with E-state index in [-0.39, 0.29) is 0 Å². The minimum atomic E-state index is -0.738. The molecule has 19 heavy (non-hydrogen) atoms. The quantitative estimate of drug-likeness (QED) is 0.904. The third-order valence-electron chi connectivity index (χ3n) is 3.59. The lowest BCUT2D eigenvalue weighted by Crippen LogP contribution is -2.40. The van der Waals surface area contributed by atoms with E-state index in [1.807, 2.05) is 23.1 Å². The molecular formula is C15H18N2O2. The van der Waals surface area contributed by atoms with Crippen molar-refractivity contribution in [2.45, 2.75) is 38.3 Å². The van der Waals surface area contributed by atoms with Gasteiger partial charge >= 0.3 is 5.97 Å². The fourth-order valence-electron chi connectivity index (χ4n) is 2.61. The summed E-state index contributed by atoms with van der Waals surface area (Å²) in [6.45, 7) is 1.42. The number of hydrogen-bond donors (Lipinski definition) is 1. The molecule has 2 rings (SSSR count). The average molecular weight is 258 g/mol. The van der Waals surface area contributed by atoms with Gasteiger partial charge in [-0.05, 0) is 37.1 Å². The van der Waals surface area contributed by atoms with Gasteiger partial charge in [-0.3, -0.25) is 9.69 Å². The molecule has 1 heterocycles. The average Bonchev–Trinajstić information content (AvgIpc) is 2.64. The Balaban J connectivity index is 2.14. The number of aliphatic carboxylic acids is 1. The highest BCUT2D eigenvalue weighted by molar-refractivity contribution is 5.73. The molecule has 1 N–H and O–H groups in total. The zero-order chi connectivity index (χ0) is 13.7. The van der Waals surface area contributed by atoms with Gasteiger partial charge in [-0.25, -0.2) is 0 Å². The van der Waals surface area contributed by atoms with E-state index in [4.69, 9.17) is 5.26 Å². The second kappa shape index (κ2) is 6.35.